The minimum atomic E-state index is -0.639. The molecule has 0 aliphatic carbocycles. The Labute approximate surface area is 173 Å². The van der Waals surface area contributed by atoms with Crippen molar-refractivity contribution < 1.29 is 28.5 Å². The first-order valence-corrected chi connectivity index (χ1v) is 9.53. The molecule has 8 heteroatoms. The monoisotopic (exact) mass is 419 g/mol. The van der Waals surface area contributed by atoms with Crippen molar-refractivity contribution in [3.63, 3.8) is 0 Å². The fourth-order valence-corrected chi connectivity index (χ4v) is 2.85. The summed E-state index contributed by atoms with van der Waals surface area (Å²) in [5, 5.41) is 3.39. The van der Waals surface area contributed by atoms with Crippen LogP contribution in [-0.2, 0) is 14.3 Å². The molecule has 0 aromatic heterocycles. The van der Waals surface area contributed by atoms with Gasteiger partial charge in [0.15, 0.2) is 24.7 Å². The topological polar surface area (TPSA) is 83.1 Å². The third-order valence-corrected chi connectivity index (χ3v) is 4.72. The predicted molar refractivity (Wildman–Crippen MR) is 107 cm³/mol. The maximum Gasteiger partial charge on any atom is 0.344 e. The van der Waals surface area contributed by atoms with Gasteiger partial charge in [0.2, 0.25) is 0 Å². The number of fused-ring (bicyclic) bond motifs is 1. The van der Waals surface area contributed by atoms with Gasteiger partial charge < -0.3 is 24.3 Å². The van der Waals surface area contributed by atoms with E-state index in [1.165, 1.54) is 0 Å². The average Bonchev–Trinajstić information content (AvgIpc) is 2.72. The van der Waals surface area contributed by atoms with Gasteiger partial charge in [0, 0.05) is 5.02 Å². The van der Waals surface area contributed by atoms with E-state index in [1.54, 1.807) is 18.2 Å². The highest BCUT2D eigenvalue weighted by atomic mass is 35.5. The third-order valence-electron chi connectivity index (χ3n) is 4.29. The van der Waals surface area contributed by atoms with Crippen LogP contribution in [0.25, 0.3) is 0 Å². The summed E-state index contributed by atoms with van der Waals surface area (Å²) in [5.74, 6) is 0.780. The van der Waals surface area contributed by atoms with E-state index in [-0.39, 0.29) is 12.6 Å². The summed E-state index contributed by atoms with van der Waals surface area (Å²) in [6, 6.07) is 10.3. The van der Waals surface area contributed by atoms with Gasteiger partial charge in [-0.3, -0.25) is 4.79 Å². The number of esters is 1. The van der Waals surface area contributed by atoms with Crippen LogP contribution in [-0.4, -0.2) is 38.3 Å². The Morgan fingerprint density at radius 3 is 2.62 bits per heavy atom. The number of rotatable bonds is 7. The lowest BCUT2D eigenvalue weighted by Crippen LogP contribution is -2.32. The summed E-state index contributed by atoms with van der Waals surface area (Å²) in [4.78, 5) is 23.9. The van der Waals surface area contributed by atoms with Gasteiger partial charge in [-0.2, -0.15) is 0 Å². The zero-order valence-electron chi connectivity index (χ0n) is 16.2. The largest absolute Gasteiger partial charge is 0.486 e. The molecule has 0 saturated heterocycles. The van der Waals surface area contributed by atoms with E-state index in [1.807, 2.05) is 32.0 Å². The quantitative estimate of drug-likeness (QED) is 0.694. The van der Waals surface area contributed by atoms with Gasteiger partial charge >= 0.3 is 5.97 Å². The lowest BCUT2D eigenvalue weighted by atomic mass is 10.1. The normalized spacial score (nSPS) is 13.3. The van der Waals surface area contributed by atoms with Crippen molar-refractivity contribution in [1.29, 1.82) is 0 Å². The fraction of sp³-hybridized carbons (Fsp3) is 0.333. The average molecular weight is 420 g/mol. The lowest BCUT2D eigenvalue weighted by molar-refractivity contribution is -0.150. The Bertz CT molecular complexity index is 901. The molecule has 7 nitrogen and oxygen atoms in total. The van der Waals surface area contributed by atoms with Crippen LogP contribution in [0.5, 0.6) is 17.2 Å². The highest BCUT2D eigenvalue weighted by Crippen LogP contribution is 2.32. The lowest BCUT2D eigenvalue weighted by Gasteiger charge is -2.21. The van der Waals surface area contributed by atoms with E-state index >= 15 is 0 Å². The number of carbonyl (C=O) groups is 2. The summed E-state index contributed by atoms with van der Waals surface area (Å²) >= 11 is 5.94. The molecule has 1 amide bonds. The van der Waals surface area contributed by atoms with Crippen LogP contribution in [0.2, 0.25) is 5.02 Å². The third kappa shape index (κ3) is 5.77. The number of aryl methyl sites for hydroxylation is 1. The summed E-state index contributed by atoms with van der Waals surface area (Å²) in [5.41, 5.74) is 1.69. The van der Waals surface area contributed by atoms with Gasteiger partial charge in [0.25, 0.3) is 5.91 Å². The zero-order valence-corrected chi connectivity index (χ0v) is 17.0. The Morgan fingerprint density at radius 2 is 1.86 bits per heavy atom. The van der Waals surface area contributed by atoms with Crippen molar-refractivity contribution in [1.82, 2.24) is 5.32 Å². The number of halogens is 1. The molecule has 0 spiro atoms. The van der Waals surface area contributed by atoms with Crippen molar-refractivity contribution in [3.05, 3.63) is 52.5 Å². The van der Waals surface area contributed by atoms with Crippen molar-refractivity contribution in [2.45, 2.75) is 19.9 Å². The number of nitrogens with one attached hydrogen (secondary N) is 1. The maximum absolute atomic E-state index is 12.1. The van der Waals surface area contributed by atoms with Crippen molar-refractivity contribution in [2.24, 2.45) is 0 Å². The molecule has 0 bridgehead atoms. The van der Waals surface area contributed by atoms with Crippen LogP contribution in [0.3, 0.4) is 0 Å². The van der Waals surface area contributed by atoms with E-state index < -0.39 is 18.5 Å². The van der Waals surface area contributed by atoms with Crippen LogP contribution in [0.1, 0.15) is 24.1 Å². The van der Waals surface area contributed by atoms with E-state index in [0.717, 1.165) is 11.1 Å². The van der Waals surface area contributed by atoms with Gasteiger partial charge in [0.05, 0.1) is 6.04 Å². The molecule has 0 saturated carbocycles. The molecule has 29 heavy (non-hydrogen) atoms. The minimum Gasteiger partial charge on any atom is -0.486 e. The summed E-state index contributed by atoms with van der Waals surface area (Å²) in [7, 11) is 0. The van der Waals surface area contributed by atoms with Crippen molar-refractivity contribution >= 4 is 23.5 Å². The van der Waals surface area contributed by atoms with Gasteiger partial charge in [-0.15, -0.1) is 0 Å². The second kappa shape index (κ2) is 9.52. The van der Waals surface area contributed by atoms with E-state index in [0.29, 0.717) is 35.5 Å². The van der Waals surface area contributed by atoms with E-state index in [9.17, 15) is 9.59 Å². The Kier molecular flexibility index (Phi) is 6.82. The number of carbonyl (C=O) groups excluding carboxylic acids is 2. The number of benzene rings is 2. The van der Waals surface area contributed by atoms with Gasteiger partial charge in [-0.05, 0) is 55.3 Å². The minimum absolute atomic E-state index is 0.287. The molecule has 154 valence electrons. The molecule has 0 fully saturated rings. The van der Waals surface area contributed by atoms with Crippen LogP contribution in [0.15, 0.2) is 36.4 Å². The first kappa shape index (κ1) is 20.8. The molecular formula is C21H22ClNO6. The summed E-state index contributed by atoms with van der Waals surface area (Å²) < 4.78 is 21.3. The predicted octanol–water partition coefficient (Wildman–Crippen LogP) is 3.22. The maximum atomic E-state index is 12.1. The van der Waals surface area contributed by atoms with Crippen LogP contribution < -0.4 is 19.5 Å². The number of hydrogen-bond acceptors (Lipinski definition) is 6. The number of ether oxygens (including phenoxy) is 4. The standard InChI is InChI=1S/C21H22ClNO6/c1-13-9-16(4-5-17(13)22)28-12-21(25)29-11-20(24)23-14(2)15-3-6-18-19(10-15)27-8-7-26-18/h3-6,9-10,14H,7-8,11-12H2,1-2H3,(H,23,24). The molecule has 1 unspecified atom stereocenters. The van der Waals surface area contributed by atoms with Crippen molar-refractivity contribution in [3.8, 4) is 17.2 Å². The number of hydrogen-bond donors (Lipinski definition) is 1. The molecule has 1 aliphatic rings. The summed E-state index contributed by atoms with van der Waals surface area (Å²) in [6.07, 6.45) is 0. The van der Waals surface area contributed by atoms with Crippen LogP contribution in [0, 0.1) is 6.92 Å². The van der Waals surface area contributed by atoms with Gasteiger partial charge in [0.1, 0.15) is 19.0 Å². The Hall–Kier alpha value is -2.93. The Morgan fingerprint density at radius 1 is 1.10 bits per heavy atom. The Balaban J connectivity index is 1.43. The van der Waals surface area contributed by atoms with Gasteiger partial charge in [-0.1, -0.05) is 17.7 Å². The SMILES string of the molecule is Cc1cc(OCC(=O)OCC(=O)NC(C)c2ccc3c(c2)OCCO3)ccc1Cl. The molecule has 1 N–H and O–H groups in total. The summed E-state index contributed by atoms with van der Waals surface area (Å²) in [6.45, 7) is 3.98. The molecule has 2 aromatic carbocycles. The zero-order chi connectivity index (χ0) is 20.8. The first-order valence-electron chi connectivity index (χ1n) is 9.16. The molecular weight excluding hydrogens is 398 g/mol. The van der Waals surface area contributed by atoms with Gasteiger partial charge in [-0.25, -0.2) is 4.79 Å². The molecule has 1 aliphatic heterocycles. The number of amides is 1. The van der Waals surface area contributed by atoms with Crippen molar-refractivity contribution in [2.75, 3.05) is 26.4 Å². The van der Waals surface area contributed by atoms with Crippen LogP contribution >= 0.6 is 11.6 Å². The highest BCUT2D eigenvalue weighted by Gasteiger charge is 2.16. The highest BCUT2D eigenvalue weighted by molar-refractivity contribution is 6.31. The molecule has 1 atom stereocenters. The smallest absolute Gasteiger partial charge is 0.344 e. The second-order valence-electron chi connectivity index (χ2n) is 6.55. The molecule has 1 heterocycles. The molecule has 2 aromatic rings. The molecule has 0 radical (unpaired) electrons. The molecule has 3 rings (SSSR count). The van der Waals surface area contributed by atoms with E-state index in [2.05, 4.69) is 5.32 Å². The fourth-order valence-electron chi connectivity index (χ4n) is 2.73. The van der Waals surface area contributed by atoms with E-state index in [4.69, 9.17) is 30.5 Å². The van der Waals surface area contributed by atoms with Crippen LogP contribution in [0.4, 0.5) is 0 Å². The first-order chi connectivity index (χ1) is 13.9. The second-order valence-corrected chi connectivity index (χ2v) is 6.96.